The third-order valence-electron chi connectivity index (χ3n) is 2.75. The van der Waals surface area contributed by atoms with Crippen molar-refractivity contribution in [3.63, 3.8) is 0 Å². The lowest BCUT2D eigenvalue weighted by Gasteiger charge is -2.29. The minimum Gasteiger partial charge on any atom is -0.378 e. The maximum Gasteiger partial charge on any atom is 0.221 e. The summed E-state index contributed by atoms with van der Waals surface area (Å²) in [5, 5.41) is 2.73. The zero-order chi connectivity index (χ0) is 13.0. The number of morpholine rings is 1. The van der Waals surface area contributed by atoms with Crippen molar-refractivity contribution in [3.8, 4) is 0 Å². The molecule has 1 heterocycles. The highest BCUT2D eigenvalue weighted by Gasteiger charge is 2.14. The molecule has 0 aromatic heterocycles. The molecule has 0 radical (unpaired) electrons. The van der Waals surface area contributed by atoms with E-state index in [2.05, 4.69) is 10.2 Å². The summed E-state index contributed by atoms with van der Waals surface area (Å²) >= 11 is 5.45. The molecule has 2 rings (SSSR count). The topological polar surface area (TPSA) is 41.6 Å². The van der Waals surface area contributed by atoms with Gasteiger partial charge in [0.2, 0.25) is 5.91 Å². The summed E-state index contributed by atoms with van der Waals surface area (Å²) in [5.41, 5.74) is 1.79. The van der Waals surface area contributed by atoms with Crippen LogP contribution in [0.4, 0.5) is 5.69 Å². The molecule has 0 aliphatic carbocycles. The molecule has 1 amide bonds. The van der Waals surface area contributed by atoms with Crippen LogP contribution in [0, 0.1) is 0 Å². The average molecular weight is 264 g/mol. The average Bonchev–Trinajstić information content (AvgIpc) is 2.39. The Hall–Kier alpha value is -1.46. The number of anilines is 1. The summed E-state index contributed by atoms with van der Waals surface area (Å²) in [6.07, 6.45) is 0. The van der Waals surface area contributed by atoms with E-state index in [0.717, 1.165) is 42.5 Å². The number of ether oxygens (including phenoxy) is 1. The van der Waals surface area contributed by atoms with Gasteiger partial charge in [-0.2, -0.15) is 0 Å². The molecule has 1 aromatic carbocycles. The van der Waals surface area contributed by atoms with E-state index in [-0.39, 0.29) is 5.91 Å². The van der Waals surface area contributed by atoms with Crippen LogP contribution in [0.1, 0.15) is 12.5 Å². The maximum atomic E-state index is 10.9. The number of rotatable bonds is 2. The summed E-state index contributed by atoms with van der Waals surface area (Å²) < 4.78 is 5.30. The van der Waals surface area contributed by atoms with E-state index >= 15 is 0 Å². The number of carbonyl (C=O) groups is 1. The lowest BCUT2D eigenvalue weighted by Crippen LogP contribution is -2.40. The Bertz CT molecular complexity index is 439. The van der Waals surface area contributed by atoms with Crippen LogP contribution in [0.3, 0.4) is 0 Å². The number of hydrogen-bond acceptors (Lipinski definition) is 3. The maximum absolute atomic E-state index is 10.9. The second kappa shape index (κ2) is 5.93. The molecule has 1 aromatic rings. The molecule has 4 nitrogen and oxygen atoms in total. The first-order chi connectivity index (χ1) is 8.66. The van der Waals surface area contributed by atoms with Crippen LogP contribution in [-0.2, 0) is 9.53 Å². The first-order valence-electron chi connectivity index (χ1n) is 5.91. The van der Waals surface area contributed by atoms with E-state index in [4.69, 9.17) is 17.0 Å². The summed E-state index contributed by atoms with van der Waals surface area (Å²) in [6.45, 7) is 4.62. The molecule has 96 valence electrons. The highest BCUT2D eigenvalue weighted by molar-refractivity contribution is 7.80. The van der Waals surface area contributed by atoms with Crippen LogP contribution >= 0.6 is 12.2 Å². The van der Waals surface area contributed by atoms with Gasteiger partial charge >= 0.3 is 0 Å². The van der Waals surface area contributed by atoms with E-state index in [9.17, 15) is 4.79 Å². The first-order valence-corrected chi connectivity index (χ1v) is 6.32. The molecule has 0 atom stereocenters. The number of thiocarbonyl (C=S) groups is 1. The van der Waals surface area contributed by atoms with Crippen molar-refractivity contribution < 1.29 is 9.53 Å². The van der Waals surface area contributed by atoms with Gasteiger partial charge in [-0.25, -0.2) is 0 Å². The van der Waals surface area contributed by atoms with Crippen molar-refractivity contribution in [3.05, 3.63) is 29.8 Å². The van der Waals surface area contributed by atoms with Gasteiger partial charge in [0.1, 0.15) is 4.99 Å². The van der Waals surface area contributed by atoms with Gasteiger partial charge < -0.3 is 15.0 Å². The zero-order valence-electron chi connectivity index (χ0n) is 10.3. The van der Waals surface area contributed by atoms with E-state index in [1.54, 1.807) is 0 Å². The fraction of sp³-hybridized carbons (Fsp3) is 0.385. The van der Waals surface area contributed by atoms with Crippen molar-refractivity contribution in [1.29, 1.82) is 0 Å². The highest BCUT2D eigenvalue weighted by atomic mass is 32.1. The monoisotopic (exact) mass is 264 g/mol. The van der Waals surface area contributed by atoms with Crippen molar-refractivity contribution in [2.24, 2.45) is 0 Å². The third-order valence-corrected chi connectivity index (χ3v) is 3.24. The summed E-state index contributed by atoms with van der Waals surface area (Å²) in [7, 11) is 0. The fourth-order valence-corrected chi connectivity index (χ4v) is 2.17. The predicted octanol–water partition coefficient (Wildman–Crippen LogP) is 1.65. The standard InChI is InChI=1S/C13H16N2O2S/c1-10(16)14-12-4-2-11(3-5-12)13(18)15-6-8-17-9-7-15/h2-5H,6-9H2,1H3,(H,14,16). The van der Waals surface area contributed by atoms with E-state index in [1.165, 1.54) is 6.92 Å². The Morgan fingerprint density at radius 2 is 1.89 bits per heavy atom. The predicted molar refractivity (Wildman–Crippen MR) is 74.8 cm³/mol. The molecule has 1 aliphatic rings. The van der Waals surface area contributed by atoms with Crippen LogP contribution in [0.5, 0.6) is 0 Å². The van der Waals surface area contributed by atoms with Crippen LogP contribution in [0.25, 0.3) is 0 Å². The van der Waals surface area contributed by atoms with Crippen LogP contribution < -0.4 is 5.32 Å². The Labute approximate surface area is 112 Å². The molecule has 18 heavy (non-hydrogen) atoms. The molecule has 0 spiro atoms. The van der Waals surface area contributed by atoms with E-state index in [0.29, 0.717) is 0 Å². The molecule has 1 N–H and O–H groups in total. The van der Waals surface area contributed by atoms with Gasteiger partial charge in [-0.15, -0.1) is 0 Å². The minimum atomic E-state index is -0.0708. The quantitative estimate of drug-likeness (QED) is 0.825. The number of carbonyl (C=O) groups excluding carboxylic acids is 1. The van der Waals surface area contributed by atoms with Gasteiger partial charge in [-0.3, -0.25) is 4.79 Å². The number of hydrogen-bond donors (Lipinski definition) is 1. The number of nitrogens with one attached hydrogen (secondary N) is 1. The van der Waals surface area contributed by atoms with Crippen molar-refractivity contribution in [1.82, 2.24) is 4.90 Å². The van der Waals surface area contributed by atoms with Crippen LogP contribution in [0.15, 0.2) is 24.3 Å². The lowest BCUT2D eigenvalue weighted by molar-refractivity contribution is -0.114. The number of benzene rings is 1. The van der Waals surface area contributed by atoms with E-state index in [1.807, 2.05) is 24.3 Å². The van der Waals surface area contributed by atoms with Crippen molar-refractivity contribution in [2.45, 2.75) is 6.92 Å². The van der Waals surface area contributed by atoms with E-state index < -0.39 is 0 Å². The lowest BCUT2D eigenvalue weighted by atomic mass is 10.2. The highest BCUT2D eigenvalue weighted by Crippen LogP contribution is 2.13. The van der Waals surface area contributed by atoms with Gasteiger partial charge in [0.05, 0.1) is 13.2 Å². The number of amides is 1. The smallest absolute Gasteiger partial charge is 0.221 e. The molecule has 1 fully saturated rings. The Morgan fingerprint density at radius 3 is 2.44 bits per heavy atom. The molecular formula is C13H16N2O2S. The number of nitrogens with zero attached hydrogens (tertiary/aromatic N) is 1. The van der Waals surface area contributed by atoms with Crippen molar-refractivity contribution >= 4 is 28.8 Å². The molecular weight excluding hydrogens is 248 g/mol. The molecule has 1 aliphatic heterocycles. The second-order valence-electron chi connectivity index (χ2n) is 4.16. The largest absolute Gasteiger partial charge is 0.378 e. The Kier molecular flexibility index (Phi) is 4.28. The van der Waals surface area contributed by atoms with Crippen molar-refractivity contribution in [2.75, 3.05) is 31.6 Å². The molecule has 0 saturated carbocycles. The van der Waals surface area contributed by atoms with Gasteiger partial charge in [-0.05, 0) is 24.3 Å². The molecule has 1 saturated heterocycles. The third kappa shape index (κ3) is 3.27. The van der Waals surface area contributed by atoms with Gasteiger partial charge in [-0.1, -0.05) is 12.2 Å². The molecule has 5 heteroatoms. The normalized spacial score (nSPS) is 15.3. The zero-order valence-corrected chi connectivity index (χ0v) is 11.1. The van der Waals surface area contributed by atoms with Crippen LogP contribution in [0.2, 0.25) is 0 Å². The van der Waals surface area contributed by atoms with Gasteiger partial charge in [0.15, 0.2) is 0 Å². The first kappa shape index (κ1) is 13.0. The van der Waals surface area contributed by atoms with Gasteiger partial charge in [0.25, 0.3) is 0 Å². The van der Waals surface area contributed by atoms with Gasteiger partial charge in [0, 0.05) is 31.3 Å². The molecule has 0 bridgehead atoms. The summed E-state index contributed by atoms with van der Waals surface area (Å²) in [6, 6.07) is 7.60. The molecule has 0 unspecified atom stereocenters. The minimum absolute atomic E-state index is 0.0708. The Balaban J connectivity index is 2.04. The fourth-order valence-electron chi connectivity index (χ4n) is 1.85. The summed E-state index contributed by atoms with van der Waals surface area (Å²) in [4.78, 5) is 13.9. The Morgan fingerprint density at radius 1 is 1.28 bits per heavy atom. The summed E-state index contributed by atoms with van der Waals surface area (Å²) in [5.74, 6) is -0.0708. The second-order valence-corrected chi connectivity index (χ2v) is 4.55. The SMILES string of the molecule is CC(=O)Nc1ccc(C(=S)N2CCOCC2)cc1. The van der Waals surface area contributed by atoms with Crippen LogP contribution in [-0.4, -0.2) is 42.1 Å².